The van der Waals surface area contributed by atoms with Gasteiger partial charge in [0.15, 0.2) is 0 Å². The number of carbonyl (C=O) groups excluding carboxylic acids is 1. The molecule has 1 unspecified atom stereocenters. The predicted molar refractivity (Wildman–Crippen MR) is 64.0 cm³/mol. The summed E-state index contributed by atoms with van der Waals surface area (Å²) in [5.41, 5.74) is -0.421. The fourth-order valence-electron chi connectivity index (χ4n) is 2.03. The fraction of sp³-hybridized carbons (Fsp3) is 0.462. The van der Waals surface area contributed by atoms with Gasteiger partial charge in [-0.1, -0.05) is 0 Å². The van der Waals surface area contributed by atoms with Crippen LogP contribution in [0.2, 0.25) is 0 Å². The molecule has 1 aliphatic rings. The van der Waals surface area contributed by atoms with Crippen LogP contribution in [-0.2, 0) is 4.74 Å². The van der Waals surface area contributed by atoms with E-state index in [2.05, 4.69) is 5.32 Å². The molecule has 4 nitrogen and oxygen atoms in total. The number of phenols is 1. The molecule has 18 heavy (non-hydrogen) atoms. The number of nitrogens with one attached hydrogen (secondary N) is 1. The van der Waals surface area contributed by atoms with Crippen LogP contribution in [0.1, 0.15) is 30.1 Å². The van der Waals surface area contributed by atoms with Gasteiger partial charge in [-0.3, -0.25) is 4.79 Å². The van der Waals surface area contributed by atoms with E-state index in [0.29, 0.717) is 13.2 Å². The number of carbonyl (C=O) groups is 1. The number of ether oxygens (including phenoxy) is 1. The number of halogens is 1. The lowest BCUT2D eigenvalue weighted by atomic mass is 10.0. The van der Waals surface area contributed by atoms with Crippen molar-refractivity contribution in [3.05, 3.63) is 29.6 Å². The van der Waals surface area contributed by atoms with E-state index in [-0.39, 0.29) is 16.9 Å². The Morgan fingerprint density at radius 3 is 3.06 bits per heavy atom. The second kappa shape index (κ2) is 4.94. The number of phenolic OH excluding ortho intramolecular Hbond substituents is 1. The monoisotopic (exact) mass is 253 g/mol. The van der Waals surface area contributed by atoms with Crippen molar-refractivity contribution < 1.29 is 19.0 Å². The summed E-state index contributed by atoms with van der Waals surface area (Å²) < 4.78 is 18.5. The molecule has 1 aliphatic heterocycles. The highest BCUT2D eigenvalue weighted by Crippen LogP contribution is 2.24. The van der Waals surface area contributed by atoms with Crippen LogP contribution in [0.25, 0.3) is 0 Å². The van der Waals surface area contributed by atoms with Crippen molar-refractivity contribution in [1.29, 1.82) is 0 Å². The molecule has 2 N–H and O–H groups in total. The molecule has 1 atom stereocenters. The van der Waals surface area contributed by atoms with Crippen LogP contribution in [-0.4, -0.2) is 29.8 Å². The zero-order valence-electron chi connectivity index (χ0n) is 10.2. The van der Waals surface area contributed by atoms with Crippen molar-refractivity contribution >= 4 is 5.91 Å². The van der Waals surface area contributed by atoms with Gasteiger partial charge in [0.1, 0.15) is 11.6 Å². The molecule has 1 heterocycles. The summed E-state index contributed by atoms with van der Waals surface area (Å²) in [6.45, 7) is 2.96. The van der Waals surface area contributed by atoms with E-state index < -0.39 is 11.7 Å². The standard InChI is InChI=1S/C13H16FNO3/c1-13(5-2-6-18-13)8-15-12(17)10-7-9(14)3-4-11(10)16/h3-4,7,16H,2,5-6,8H2,1H3,(H,15,17). The van der Waals surface area contributed by atoms with Gasteiger partial charge < -0.3 is 15.2 Å². The smallest absolute Gasteiger partial charge is 0.255 e. The van der Waals surface area contributed by atoms with Crippen LogP contribution >= 0.6 is 0 Å². The van der Waals surface area contributed by atoms with E-state index in [1.165, 1.54) is 0 Å². The van der Waals surface area contributed by atoms with E-state index in [1.807, 2.05) is 6.92 Å². The molecular weight excluding hydrogens is 237 g/mol. The van der Waals surface area contributed by atoms with Crippen molar-refractivity contribution in [2.45, 2.75) is 25.4 Å². The summed E-state index contributed by atoms with van der Waals surface area (Å²) in [6.07, 6.45) is 1.85. The second-order valence-corrected chi connectivity index (χ2v) is 4.75. The minimum atomic E-state index is -0.554. The zero-order valence-corrected chi connectivity index (χ0v) is 10.2. The minimum Gasteiger partial charge on any atom is -0.507 e. The SMILES string of the molecule is CC1(CNC(=O)c2cc(F)ccc2O)CCCO1. The van der Waals surface area contributed by atoms with Gasteiger partial charge in [-0.2, -0.15) is 0 Å². The minimum absolute atomic E-state index is 0.0587. The normalized spacial score (nSPS) is 23.0. The van der Waals surface area contributed by atoms with Crippen LogP contribution in [0.15, 0.2) is 18.2 Å². The first-order valence-corrected chi connectivity index (χ1v) is 5.91. The molecule has 1 aromatic carbocycles. The summed E-state index contributed by atoms with van der Waals surface area (Å²) >= 11 is 0. The number of aromatic hydroxyl groups is 1. The molecule has 1 aromatic rings. The van der Waals surface area contributed by atoms with Gasteiger partial charge in [-0.25, -0.2) is 4.39 Å². The number of hydrogen-bond acceptors (Lipinski definition) is 3. The van der Waals surface area contributed by atoms with Gasteiger partial charge >= 0.3 is 0 Å². The van der Waals surface area contributed by atoms with Crippen molar-refractivity contribution in [2.24, 2.45) is 0 Å². The molecule has 0 bridgehead atoms. The molecule has 5 heteroatoms. The lowest BCUT2D eigenvalue weighted by Gasteiger charge is -2.23. The molecule has 0 aromatic heterocycles. The van der Waals surface area contributed by atoms with Gasteiger partial charge in [0.05, 0.1) is 11.2 Å². The van der Waals surface area contributed by atoms with Gasteiger partial charge in [-0.15, -0.1) is 0 Å². The maximum atomic E-state index is 13.0. The first kappa shape index (κ1) is 12.8. The number of benzene rings is 1. The molecule has 0 saturated carbocycles. The highest BCUT2D eigenvalue weighted by Gasteiger charge is 2.30. The van der Waals surface area contributed by atoms with E-state index in [0.717, 1.165) is 31.0 Å². The third kappa shape index (κ3) is 2.79. The molecule has 1 amide bonds. The van der Waals surface area contributed by atoms with E-state index in [1.54, 1.807) is 0 Å². The molecule has 1 saturated heterocycles. The van der Waals surface area contributed by atoms with E-state index in [9.17, 15) is 14.3 Å². The highest BCUT2D eigenvalue weighted by molar-refractivity contribution is 5.96. The lowest BCUT2D eigenvalue weighted by Crippen LogP contribution is -2.40. The first-order chi connectivity index (χ1) is 8.50. The topological polar surface area (TPSA) is 58.6 Å². The summed E-state index contributed by atoms with van der Waals surface area (Å²) in [7, 11) is 0. The van der Waals surface area contributed by atoms with Gasteiger partial charge in [0.25, 0.3) is 5.91 Å². The number of rotatable bonds is 3. The molecule has 1 fully saturated rings. The van der Waals surface area contributed by atoms with Gasteiger partial charge in [0, 0.05) is 13.2 Å². The fourth-order valence-corrected chi connectivity index (χ4v) is 2.03. The zero-order chi connectivity index (χ0) is 13.2. The number of amides is 1. The van der Waals surface area contributed by atoms with Crippen LogP contribution < -0.4 is 5.32 Å². The maximum absolute atomic E-state index is 13.0. The molecule has 0 aliphatic carbocycles. The summed E-state index contributed by atoms with van der Waals surface area (Å²) in [5.74, 6) is -1.28. The first-order valence-electron chi connectivity index (χ1n) is 5.91. The third-order valence-corrected chi connectivity index (χ3v) is 3.13. The number of hydrogen-bond donors (Lipinski definition) is 2. The average Bonchev–Trinajstić information content (AvgIpc) is 2.77. The molecular formula is C13H16FNO3. The Morgan fingerprint density at radius 2 is 2.39 bits per heavy atom. The van der Waals surface area contributed by atoms with Crippen LogP contribution in [0, 0.1) is 5.82 Å². The van der Waals surface area contributed by atoms with Crippen molar-refractivity contribution in [3.63, 3.8) is 0 Å². The summed E-state index contributed by atoms with van der Waals surface area (Å²) in [5, 5.41) is 12.2. The van der Waals surface area contributed by atoms with Crippen LogP contribution in [0.4, 0.5) is 4.39 Å². The van der Waals surface area contributed by atoms with Crippen molar-refractivity contribution in [3.8, 4) is 5.75 Å². The Bertz CT molecular complexity index is 456. The average molecular weight is 253 g/mol. The van der Waals surface area contributed by atoms with E-state index in [4.69, 9.17) is 4.74 Å². The van der Waals surface area contributed by atoms with Crippen LogP contribution in [0.3, 0.4) is 0 Å². The summed E-state index contributed by atoms with van der Waals surface area (Å²) in [6, 6.07) is 3.29. The Balaban J connectivity index is 2.01. The molecule has 2 rings (SSSR count). The maximum Gasteiger partial charge on any atom is 0.255 e. The molecule has 98 valence electrons. The van der Waals surface area contributed by atoms with Gasteiger partial charge in [0.2, 0.25) is 0 Å². The van der Waals surface area contributed by atoms with Gasteiger partial charge in [-0.05, 0) is 38.0 Å². The Hall–Kier alpha value is -1.62. The quantitative estimate of drug-likeness (QED) is 0.864. The Kier molecular flexibility index (Phi) is 3.52. The molecule has 0 spiro atoms. The van der Waals surface area contributed by atoms with Crippen LogP contribution in [0.5, 0.6) is 5.75 Å². The lowest BCUT2D eigenvalue weighted by molar-refractivity contribution is 0.0205. The third-order valence-electron chi connectivity index (χ3n) is 3.13. The van der Waals surface area contributed by atoms with E-state index >= 15 is 0 Å². The largest absolute Gasteiger partial charge is 0.507 e. The predicted octanol–water partition coefficient (Wildman–Crippen LogP) is 1.83. The Labute approximate surface area is 105 Å². The van der Waals surface area contributed by atoms with Crippen molar-refractivity contribution in [1.82, 2.24) is 5.32 Å². The Morgan fingerprint density at radius 1 is 1.61 bits per heavy atom. The molecule has 0 radical (unpaired) electrons. The van der Waals surface area contributed by atoms with Crippen molar-refractivity contribution in [2.75, 3.05) is 13.2 Å². The summed E-state index contributed by atoms with van der Waals surface area (Å²) in [4.78, 5) is 11.8. The highest BCUT2D eigenvalue weighted by atomic mass is 19.1. The second-order valence-electron chi connectivity index (χ2n) is 4.75.